The monoisotopic (exact) mass is 291 g/mol. The molecule has 1 saturated heterocycles. The Morgan fingerprint density at radius 2 is 2.19 bits per heavy atom. The molecule has 0 unspecified atom stereocenters. The first kappa shape index (κ1) is 15.7. The van der Waals surface area contributed by atoms with Crippen molar-refractivity contribution in [3.63, 3.8) is 0 Å². The van der Waals surface area contributed by atoms with E-state index in [1.165, 1.54) is 0 Å². The molecule has 0 bridgehead atoms. The zero-order valence-corrected chi connectivity index (χ0v) is 12.6. The average Bonchev–Trinajstić information content (AvgIpc) is 2.53. The standard InChI is InChI=1S/C15H25N5O/c1-2-16-11-13-6-9-20(10-7-13)12-15(21)19-18-14-5-3-4-8-17-14/h3-5,8,13,16H,2,6-7,9-12H2,1H3,(H,17,18)(H,19,21). The van der Waals surface area contributed by atoms with Crippen LogP contribution in [-0.2, 0) is 4.79 Å². The molecule has 0 aliphatic carbocycles. The Bertz CT molecular complexity index is 417. The van der Waals surface area contributed by atoms with E-state index in [0.29, 0.717) is 12.4 Å². The van der Waals surface area contributed by atoms with Crippen LogP contribution in [0.15, 0.2) is 24.4 Å². The van der Waals surface area contributed by atoms with Crippen LogP contribution in [0.1, 0.15) is 19.8 Å². The number of nitrogens with zero attached hydrogens (tertiary/aromatic N) is 2. The Labute approximate surface area is 126 Å². The maximum absolute atomic E-state index is 11.9. The Hall–Kier alpha value is -1.66. The molecule has 0 radical (unpaired) electrons. The second-order valence-electron chi connectivity index (χ2n) is 5.42. The van der Waals surface area contributed by atoms with E-state index < -0.39 is 0 Å². The van der Waals surface area contributed by atoms with E-state index in [2.05, 4.69) is 33.0 Å². The van der Waals surface area contributed by atoms with Crippen molar-refractivity contribution in [1.29, 1.82) is 0 Å². The van der Waals surface area contributed by atoms with E-state index in [4.69, 9.17) is 0 Å². The van der Waals surface area contributed by atoms with Gasteiger partial charge in [0.1, 0.15) is 5.82 Å². The molecule has 21 heavy (non-hydrogen) atoms. The summed E-state index contributed by atoms with van der Waals surface area (Å²) in [5, 5.41) is 3.40. The van der Waals surface area contributed by atoms with Gasteiger partial charge in [-0.1, -0.05) is 13.0 Å². The number of carbonyl (C=O) groups is 1. The van der Waals surface area contributed by atoms with E-state index in [9.17, 15) is 4.79 Å². The second-order valence-corrected chi connectivity index (χ2v) is 5.42. The third-order valence-corrected chi connectivity index (χ3v) is 3.75. The molecule has 1 amide bonds. The Morgan fingerprint density at radius 3 is 2.86 bits per heavy atom. The van der Waals surface area contributed by atoms with Crippen molar-refractivity contribution in [2.75, 3.05) is 38.1 Å². The van der Waals surface area contributed by atoms with Gasteiger partial charge >= 0.3 is 0 Å². The van der Waals surface area contributed by atoms with E-state index in [0.717, 1.165) is 44.9 Å². The van der Waals surface area contributed by atoms with Crippen LogP contribution in [0.5, 0.6) is 0 Å². The van der Waals surface area contributed by atoms with Crippen LogP contribution in [0, 0.1) is 5.92 Å². The van der Waals surface area contributed by atoms with Crippen LogP contribution in [0.3, 0.4) is 0 Å². The summed E-state index contributed by atoms with van der Waals surface area (Å²) < 4.78 is 0. The fourth-order valence-electron chi connectivity index (χ4n) is 2.51. The summed E-state index contributed by atoms with van der Waals surface area (Å²) in [6, 6.07) is 5.52. The number of piperidine rings is 1. The number of likely N-dealkylation sites (tertiary alicyclic amines) is 1. The zero-order valence-electron chi connectivity index (χ0n) is 12.6. The largest absolute Gasteiger partial charge is 0.317 e. The molecule has 2 heterocycles. The van der Waals surface area contributed by atoms with Crippen LogP contribution in [0.2, 0.25) is 0 Å². The highest BCUT2D eigenvalue weighted by Gasteiger charge is 2.20. The van der Waals surface area contributed by atoms with Gasteiger partial charge < -0.3 is 5.32 Å². The van der Waals surface area contributed by atoms with Gasteiger partial charge in [0.25, 0.3) is 5.91 Å². The van der Waals surface area contributed by atoms with E-state index in [1.807, 2.05) is 18.2 Å². The summed E-state index contributed by atoms with van der Waals surface area (Å²) in [5.74, 6) is 1.37. The lowest BCUT2D eigenvalue weighted by atomic mass is 9.97. The number of nitrogens with one attached hydrogen (secondary N) is 3. The summed E-state index contributed by atoms with van der Waals surface area (Å²) in [7, 11) is 0. The molecule has 0 aromatic carbocycles. The predicted molar refractivity (Wildman–Crippen MR) is 83.7 cm³/mol. The second kappa shape index (κ2) is 8.59. The Morgan fingerprint density at radius 1 is 1.38 bits per heavy atom. The van der Waals surface area contributed by atoms with Gasteiger partial charge in [-0.05, 0) is 57.1 Å². The SMILES string of the molecule is CCNCC1CCN(CC(=O)NNc2ccccn2)CC1. The number of hydrogen-bond donors (Lipinski definition) is 3. The Balaban J connectivity index is 1.63. The molecule has 6 nitrogen and oxygen atoms in total. The Kier molecular flexibility index (Phi) is 6.43. The van der Waals surface area contributed by atoms with Gasteiger partial charge in [-0.25, -0.2) is 4.98 Å². The number of aromatic nitrogens is 1. The fraction of sp³-hybridized carbons (Fsp3) is 0.600. The number of rotatable bonds is 7. The van der Waals surface area contributed by atoms with Gasteiger partial charge in [0.05, 0.1) is 6.54 Å². The summed E-state index contributed by atoms with van der Waals surface area (Å²) >= 11 is 0. The molecule has 1 fully saturated rings. The number of hydrazine groups is 1. The summed E-state index contributed by atoms with van der Waals surface area (Å²) in [6.45, 7) is 6.68. The van der Waals surface area contributed by atoms with Crippen molar-refractivity contribution < 1.29 is 4.79 Å². The molecule has 0 spiro atoms. The van der Waals surface area contributed by atoms with Crippen LogP contribution in [0.25, 0.3) is 0 Å². The van der Waals surface area contributed by atoms with Gasteiger partial charge in [0.2, 0.25) is 0 Å². The van der Waals surface area contributed by atoms with Crippen molar-refractivity contribution in [1.82, 2.24) is 20.6 Å². The van der Waals surface area contributed by atoms with Gasteiger partial charge in [-0.3, -0.25) is 20.5 Å². The molecule has 116 valence electrons. The maximum atomic E-state index is 11.9. The highest BCUT2D eigenvalue weighted by Crippen LogP contribution is 2.15. The van der Waals surface area contributed by atoms with Crippen LogP contribution in [-0.4, -0.2) is 48.5 Å². The number of anilines is 1. The number of hydrogen-bond acceptors (Lipinski definition) is 5. The number of pyridine rings is 1. The molecule has 0 atom stereocenters. The lowest BCUT2D eigenvalue weighted by Gasteiger charge is -2.31. The van der Waals surface area contributed by atoms with Gasteiger partial charge in [0, 0.05) is 6.20 Å². The van der Waals surface area contributed by atoms with Gasteiger partial charge in [0.15, 0.2) is 0 Å². The molecule has 3 N–H and O–H groups in total. The smallest absolute Gasteiger partial charge is 0.252 e. The first-order valence-corrected chi connectivity index (χ1v) is 7.67. The highest BCUT2D eigenvalue weighted by molar-refractivity contribution is 5.79. The van der Waals surface area contributed by atoms with Crippen molar-refractivity contribution in [2.24, 2.45) is 5.92 Å². The van der Waals surface area contributed by atoms with Crippen molar-refractivity contribution >= 4 is 11.7 Å². The normalized spacial score (nSPS) is 16.6. The van der Waals surface area contributed by atoms with Crippen LogP contribution in [0.4, 0.5) is 5.82 Å². The third-order valence-electron chi connectivity index (χ3n) is 3.75. The lowest BCUT2D eigenvalue weighted by Crippen LogP contribution is -2.44. The van der Waals surface area contributed by atoms with E-state index in [-0.39, 0.29) is 5.91 Å². The van der Waals surface area contributed by atoms with Gasteiger partial charge in [-0.2, -0.15) is 0 Å². The van der Waals surface area contributed by atoms with E-state index in [1.54, 1.807) is 6.20 Å². The quantitative estimate of drug-likeness (QED) is 0.650. The van der Waals surface area contributed by atoms with E-state index >= 15 is 0 Å². The predicted octanol–water partition coefficient (Wildman–Crippen LogP) is 0.846. The topological polar surface area (TPSA) is 69.3 Å². The lowest BCUT2D eigenvalue weighted by molar-refractivity contribution is -0.122. The molecule has 2 rings (SSSR count). The first-order chi connectivity index (χ1) is 10.3. The molecular formula is C15H25N5O. The molecule has 1 aromatic heterocycles. The maximum Gasteiger partial charge on any atom is 0.252 e. The van der Waals surface area contributed by atoms with Crippen LogP contribution < -0.4 is 16.2 Å². The van der Waals surface area contributed by atoms with Crippen molar-refractivity contribution in [3.8, 4) is 0 Å². The van der Waals surface area contributed by atoms with Crippen molar-refractivity contribution in [3.05, 3.63) is 24.4 Å². The molecule has 6 heteroatoms. The molecular weight excluding hydrogens is 266 g/mol. The minimum absolute atomic E-state index is 0.0224. The number of carbonyl (C=O) groups excluding carboxylic acids is 1. The minimum Gasteiger partial charge on any atom is -0.317 e. The molecule has 0 saturated carbocycles. The average molecular weight is 291 g/mol. The minimum atomic E-state index is -0.0224. The van der Waals surface area contributed by atoms with Gasteiger partial charge in [-0.15, -0.1) is 0 Å². The number of amides is 1. The molecule has 1 aliphatic heterocycles. The van der Waals surface area contributed by atoms with Crippen molar-refractivity contribution in [2.45, 2.75) is 19.8 Å². The third kappa shape index (κ3) is 5.69. The highest BCUT2D eigenvalue weighted by atomic mass is 16.2. The first-order valence-electron chi connectivity index (χ1n) is 7.67. The van der Waals surface area contributed by atoms with Crippen LogP contribution >= 0.6 is 0 Å². The molecule has 1 aliphatic rings. The summed E-state index contributed by atoms with van der Waals surface area (Å²) in [5.41, 5.74) is 5.51. The molecule has 1 aromatic rings. The summed E-state index contributed by atoms with van der Waals surface area (Å²) in [4.78, 5) is 18.2. The fourth-order valence-corrected chi connectivity index (χ4v) is 2.51. The zero-order chi connectivity index (χ0) is 14.9. The summed E-state index contributed by atoms with van der Waals surface area (Å²) in [6.07, 6.45) is 4.01.